The largest absolute Gasteiger partial charge is 0.376 e. The molecule has 1 N–H and O–H groups in total. The third-order valence-electron chi connectivity index (χ3n) is 3.18. The summed E-state index contributed by atoms with van der Waals surface area (Å²) in [5.41, 5.74) is 1.01. The number of carbonyl (C=O) groups is 1. The number of nitrogens with one attached hydrogen (secondary N) is 1. The average molecular weight is 269 g/mol. The normalized spacial score (nSPS) is 15.4. The van der Waals surface area contributed by atoms with Crippen molar-refractivity contribution in [3.05, 3.63) is 30.3 Å². The van der Waals surface area contributed by atoms with Gasteiger partial charge in [0.25, 0.3) is 0 Å². The Balaban J connectivity index is 0.00000162. The van der Waals surface area contributed by atoms with Crippen molar-refractivity contribution in [1.29, 1.82) is 0 Å². The molecule has 2 rings (SSSR count). The molecule has 3 nitrogen and oxygen atoms in total. The van der Waals surface area contributed by atoms with Crippen LogP contribution in [0, 0.1) is 0 Å². The smallest absolute Gasteiger partial charge is 0.241 e. The second kappa shape index (κ2) is 7.98. The summed E-state index contributed by atoms with van der Waals surface area (Å²) in [5, 5.41) is 3.17. The Bertz CT molecular complexity index is 348. The summed E-state index contributed by atoms with van der Waals surface area (Å²) in [6.07, 6.45) is 4.82. The van der Waals surface area contributed by atoms with Crippen LogP contribution in [-0.4, -0.2) is 30.4 Å². The number of benzene rings is 1. The van der Waals surface area contributed by atoms with E-state index in [0.29, 0.717) is 6.54 Å². The standard InChI is InChI=1S/C14H20N2O.ClH/c17-14(16-10-6-1-2-7-11-16)12-15-13-8-4-3-5-9-13;/h3-5,8-9,15H,1-2,6-7,10-12H2;1H. The van der Waals surface area contributed by atoms with Crippen LogP contribution in [0.4, 0.5) is 5.69 Å². The predicted octanol–water partition coefficient (Wildman–Crippen LogP) is 2.92. The van der Waals surface area contributed by atoms with Gasteiger partial charge >= 0.3 is 0 Å². The molecule has 0 aliphatic carbocycles. The number of likely N-dealkylation sites (tertiary alicyclic amines) is 1. The summed E-state index contributed by atoms with van der Waals surface area (Å²) in [5.74, 6) is 0.218. The molecule has 100 valence electrons. The van der Waals surface area contributed by atoms with Crippen molar-refractivity contribution >= 4 is 24.0 Å². The minimum Gasteiger partial charge on any atom is -0.376 e. The molecule has 1 aromatic rings. The van der Waals surface area contributed by atoms with Crippen LogP contribution in [-0.2, 0) is 4.79 Å². The molecule has 0 radical (unpaired) electrons. The lowest BCUT2D eigenvalue weighted by molar-refractivity contribution is -0.129. The van der Waals surface area contributed by atoms with Gasteiger partial charge in [0.1, 0.15) is 0 Å². The first-order chi connectivity index (χ1) is 8.36. The van der Waals surface area contributed by atoms with E-state index in [1.54, 1.807) is 0 Å². The van der Waals surface area contributed by atoms with Crippen LogP contribution >= 0.6 is 12.4 Å². The fraction of sp³-hybridized carbons (Fsp3) is 0.500. The van der Waals surface area contributed by atoms with Gasteiger partial charge in [0, 0.05) is 18.8 Å². The van der Waals surface area contributed by atoms with Crippen LogP contribution in [0.25, 0.3) is 0 Å². The highest BCUT2D eigenvalue weighted by molar-refractivity contribution is 5.85. The van der Waals surface area contributed by atoms with Gasteiger partial charge < -0.3 is 10.2 Å². The number of nitrogens with zero attached hydrogens (tertiary/aromatic N) is 1. The monoisotopic (exact) mass is 268 g/mol. The van der Waals surface area contributed by atoms with Crippen LogP contribution in [0.2, 0.25) is 0 Å². The van der Waals surface area contributed by atoms with E-state index in [1.807, 2.05) is 35.2 Å². The Morgan fingerprint density at radius 2 is 1.67 bits per heavy atom. The van der Waals surface area contributed by atoms with Crippen LogP contribution in [0.3, 0.4) is 0 Å². The first kappa shape index (κ1) is 14.8. The Morgan fingerprint density at radius 1 is 1.06 bits per heavy atom. The zero-order valence-corrected chi connectivity index (χ0v) is 11.4. The second-order valence-electron chi connectivity index (χ2n) is 4.51. The molecule has 18 heavy (non-hydrogen) atoms. The molecule has 0 aromatic heterocycles. The molecule has 1 amide bonds. The fourth-order valence-electron chi connectivity index (χ4n) is 2.17. The molecule has 0 atom stereocenters. The summed E-state index contributed by atoms with van der Waals surface area (Å²) >= 11 is 0. The van der Waals surface area contributed by atoms with Gasteiger partial charge in [-0.05, 0) is 25.0 Å². The zero-order valence-electron chi connectivity index (χ0n) is 10.6. The van der Waals surface area contributed by atoms with E-state index in [2.05, 4.69) is 5.32 Å². The Morgan fingerprint density at radius 3 is 2.28 bits per heavy atom. The van der Waals surface area contributed by atoms with Crippen LogP contribution in [0.5, 0.6) is 0 Å². The van der Waals surface area contributed by atoms with Gasteiger partial charge in [-0.25, -0.2) is 0 Å². The maximum Gasteiger partial charge on any atom is 0.241 e. The molecule has 1 aromatic carbocycles. The minimum absolute atomic E-state index is 0. The van der Waals surface area contributed by atoms with E-state index in [4.69, 9.17) is 0 Å². The first-order valence-corrected chi connectivity index (χ1v) is 6.43. The summed E-state index contributed by atoms with van der Waals surface area (Å²) in [6.45, 7) is 2.26. The van der Waals surface area contributed by atoms with E-state index >= 15 is 0 Å². The van der Waals surface area contributed by atoms with Crippen molar-refractivity contribution in [2.75, 3.05) is 25.0 Å². The van der Waals surface area contributed by atoms with E-state index in [-0.39, 0.29) is 18.3 Å². The highest BCUT2D eigenvalue weighted by Gasteiger charge is 2.14. The molecule has 4 heteroatoms. The average Bonchev–Trinajstić information content (AvgIpc) is 2.66. The molecule has 0 unspecified atom stereocenters. The van der Waals surface area contributed by atoms with Crippen molar-refractivity contribution in [3.8, 4) is 0 Å². The minimum atomic E-state index is 0. The quantitative estimate of drug-likeness (QED) is 0.914. The Hall–Kier alpha value is -1.22. The molecule has 1 heterocycles. The highest BCUT2D eigenvalue weighted by Crippen LogP contribution is 2.10. The van der Waals surface area contributed by atoms with E-state index in [1.165, 1.54) is 12.8 Å². The van der Waals surface area contributed by atoms with Crippen LogP contribution in [0.1, 0.15) is 25.7 Å². The molecule has 0 saturated carbocycles. The number of carbonyl (C=O) groups excluding carboxylic acids is 1. The van der Waals surface area contributed by atoms with Crippen molar-refractivity contribution < 1.29 is 4.79 Å². The predicted molar refractivity (Wildman–Crippen MR) is 77.2 cm³/mol. The van der Waals surface area contributed by atoms with Gasteiger partial charge in [0.05, 0.1) is 6.54 Å². The third-order valence-corrected chi connectivity index (χ3v) is 3.18. The molecule has 1 aliphatic rings. The maximum absolute atomic E-state index is 12.0. The van der Waals surface area contributed by atoms with Crippen LogP contribution < -0.4 is 5.32 Å². The molecule has 1 saturated heterocycles. The molecule has 1 fully saturated rings. The van der Waals surface area contributed by atoms with Crippen molar-refractivity contribution in [1.82, 2.24) is 4.90 Å². The van der Waals surface area contributed by atoms with Gasteiger partial charge in [-0.1, -0.05) is 31.0 Å². The van der Waals surface area contributed by atoms with Gasteiger partial charge in [0.15, 0.2) is 0 Å². The molecule has 0 spiro atoms. The summed E-state index contributed by atoms with van der Waals surface area (Å²) < 4.78 is 0. The van der Waals surface area contributed by atoms with Gasteiger partial charge in [-0.3, -0.25) is 4.79 Å². The fourth-order valence-corrected chi connectivity index (χ4v) is 2.17. The number of para-hydroxylation sites is 1. The third kappa shape index (κ3) is 4.57. The summed E-state index contributed by atoms with van der Waals surface area (Å²) in [4.78, 5) is 14.0. The molecular weight excluding hydrogens is 248 g/mol. The number of halogens is 1. The molecule has 1 aliphatic heterocycles. The number of rotatable bonds is 3. The number of anilines is 1. The summed E-state index contributed by atoms with van der Waals surface area (Å²) in [7, 11) is 0. The van der Waals surface area contributed by atoms with E-state index in [9.17, 15) is 4.79 Å². The molecular formula is C14H21ClN2O. The zero-order chi connectivity index (χ0) is 11.9. The first-order valence-electron chi connectivity index (χ1n) is 6.43. The van der Waals surface area contributed by atoms with Gasteiger partial charge in [0.2, 0.25) is 5.91 Å². The van der Waals surface area contributed by atoms with Crippen molar-refractivity contribution in [2.45, 2.75) is 25.7 Å². The SMILES string of the molecule is Cl.O=C(CNc1ccccc1)N1CCCCCC1. The lowest BCUT2D eigenvalue weighted by Gasteiger charge is -2.20. The van der Waals surface area contributed by atoms with E-state index < -0.39 is 0 Å². The number of amides is 1. The Labute approximate surface area is 115 Å². The topological polar surface area (TPSA) is 32.3 Å². The lowest BCUT2D eigenvalue weighted by Crippen LogP contribution is -2.36. The number of hydrogen-bond acceptors (Lipinski definition) is 2. The molecule has 0 bridgehead atoms. The van der Waals surface area contributed by atoms with Crippen molar-refractivity contribution in [2.24, 2.45) is 0 Å². The van der Waals surface area contributed by atoms with E-state index in [0.717, 1.165) is 31.6 Å². The van der Waals surface area contributed by atoms with Crippen molar-refractivity contribution in [3.63, 3.8) is 0 Å². The van der Waals surface area contributed by atoms with Crippen LogP contribution in [0.15, 0.2) is 30.3 Å². The highest BCUT2D eigenvalue weighted by atomic mass is 35.5. The van der Waals surface area contributed by atoms with Gasteiger partial charge in [-0.15, -0.1) is 12.4 Å². The van der Waals surface area contributed by atoms with Gasteiger partial charge in [-0.2, -0.15) is 0 Å². The second-order valence-corrected chi connectivity index (χ2v) is 4.51. The lowest BCUT2D eigenvalue weighted by atomic mass is 10.2. The summed E-state index contributed by atoms with van der Waals surface area (Å²) in [6, 6.07) is 9.88. The Kier molecular flexibility index (Phi) is 6.58. The number of hydrogen-bond donors (Lipinski definition) is 1. The maximum atomic E-state index is 12.0.